The summed E-state index contributed by atoms with van der Waals surface area (Å²) in [6.45, 7) is 3.83. The zero-order chi connectivity index (χ0) is 14.7. The Hall–Kier alpha value is -2.63. The maximum absolute atomic E-state index is 12.2. The van der Waals surface area contributed by atoms with Crippen molar-refractivity contribution >= 4 is 17.7 Å². The number of aromatic amines is 1. The number of anilines is 1. The molecular weight excluding hydrogens is 258 g/mol. The molecule has 0 radical (unpaired) electrons. The highest BCUT2D eigenvalue weighted by atomic mass is 16.5. The highest BCUT2D eigenvalue weighted by Crippen LogP contribution is 2.14. The minimum atomic E-state index is -0.585. The van der Waals surface area contributed by atoms with E-state index in [0.717, 1.165) is 11.1 Å². The highest BCUT2D eigenvalue weighted by molar-refractivity contribution is 6.06. The van der Waals surface area contributed by atoms with Crippen molar-refractivity contribution in [2.75, 3.05) is 12.4 Å². The lowest BCUT2D eigenvalue weighted by atomic mass is 10.1. The number of nitrogens with zero attached hydrogens (tertiary/aromatic N) is 1. The molecule has 0 spiro atoms. The topological polar surface area (TPSA) is 84.1 Å². The number of esters is 1. The van der Waals surface area contributed by atoms with Crippen molar-refractivity contribution in [2.45, 2.75) is 13.8 Å². The molecule has 1 aromatic heterocycles. The Kier molecular flexibility index (Phi) is 3.84. The number of methoxy groups -OCH3 is 1. The second-order valence-electron chi connectivity index (χ2n) is 4.45. The molecule has 6 nitrogen and oxygen atoms in total. The summed E-state index contributed by atoms with van der Waals surface area (Å²) in [5, 5.41) is 2.59. The average molecular weight is 273 g/mol. The number of hydrogen-bond acceptors (Lipinski definition) is 4. The normalized spacial score (nSPS) is 10.2. The highest BCUT2D eigenvalue weighted by Gasteiger charge is 2.17. The molecule has 20 heavy (non-hydrogen) atoms. The maximum atomic E-state index is 12.2. The van der Waals surface area contributed by atoms with E-state index in [0.29, 0.717) is 5.56 Å². The van der Waals surface area contributed by atoms with Gasteiger partial charge in [-0.05, 0) is 26.0 Å². The molecule has 6 heteroatoms. The van der Waals surface area contributed by atoms with Gasteiger partial charge in [-0.3, -0.25) is 4.79 Å². The second-order valence-corrected chi connectivity index (χ2v) is 4.45. The van der Waals surface area contributed by atoms with Crippen LogP contribution in [-0.4, -0.2) is 29.0 Å². The van der Waals surface area contributed by atoms with Gasteiger partial charge in [0.15, 0.2) is 11.5 Å². The maximum Gasteiger partial charge on any atom is 0.358 e. The van der Waals surface area contributed by atoms with E-state index in [-0.39, 0.29) is 17.4 Å². The number of aromatic nitrogens is 2. The standard InChI is InChI=1S/C14H15N3O3/c1-8-4-9(2)6-10(5-8)13(18)17-12-11(14(19)20-3)15-7-16-12/h4-7H,1-3H3,(H,15,16)(H,17,18). The Bertz CT molecular complexity index is 641. The third-order valence-electron chi connectivity index (χ3n) is 2.74. The fourth-order valence-electron chi connectivity index (χ4n) is 1.93. The van der Waals surface area contributed by atoms with Gasteiger partial charge >= 0.3 is 5.97 Å². The van der Waals surface area contributed by atoms with Crippen LogP contribution in [0.5, 0.6) is 0 Å². The van der Waals surface area contributed by atoms with Gasteiger partial charge in [-0.2, -0.15) is 0 Å². The third kappa shape index (κ3) is 2.85. The van der Waals surface area contributed by atoms with Crippen molar-refractivity contribution in [3.8, 4) is 0 Å². The van der Waals surface area contributed by atoms with E-state index in [4.69, 9.17) is 0 Å². The van der Waals surface area contributed by atoms with Gasteiger partial charge in [0, 0.05) is 5.56 Å². The van der Waals surface area contributed by atoms with Crippen molar-refractivity contribution in [3.63, 3.8) is 0 Å². The van der Waals surface area contributed by atoms with Crippen molar-refractivity contribution in [2.24, 2.45) is 0 Å². The largest absolute Gasteiger partial charge is 0.464 e. The summed E-state index contributed by atoms with van der Waals surface area (Å²) in [6, 6.07) is 5.52. The van der Waals surface area contributed by atoms with Gasteiger partial charge < -0.3 is 15.0 Å². The summed E-state index contributed by atoms with van der Waals surface area (Å²) in [5.74, 6) is -0.756. The number of hydrogen-bond donors (Lipinski definition) is 2. The molecule has 1 amide bonds. The van der Waals surface area contributed by atoms with E-state index in [1.807, 2.05) is 19.9 Å². The Balaban J connectivity index is 2.24. The molecule has 1 aromatic carbocycles. The zero-order valence-corrected chi connectivity index (χ0v) is 11.5. The van der Waals surface area contributed by atoms with E-state index >= 15 is 0 Å². The summed E-state index contributed by atoms with van der Waals surface area (Å²) in [4.78, 5) is 30.2. The van der Waals surface area contributed by atoms with Crippen LogP contribution in [-0.2, 0) is 4.74 Å². The van der Waals surface area contributed by atoms with Gasteiger partial charge in [0.2, 0.25) is 0 Å². The summed E-state index contributed by atoms with van der Waals surface area (Å²) >= 11 is 0. The van der Waals surface area contributed by atoms with Crippen LogP contribution in [0, 0.1) is 13.8 Å². The molecule has 2 rings (SSSR count). The molecule has 0 aliphatic heterocycles. The van der Waals surface area contributed by atoms with E-state index in [1.165, 1.54) is 13.4 Å². The summed E-state index contributed by atoms with van der Waals surface area (Å²) < 4.78 is 4.60. The van der Waals surface area contributed by atoms with Gasteiger partial charge in [-0.15, -0.1) is 0 Å². The number of amides is 1. The van der Waals surface area contributed by atoms with Crippen LogP contribution in [0.15, 0.2) is 24.5 Å². The van der Waals surface area contributed by atoms with Gasteiger partial charge in [0.1, 0.15) is 0 Å². The first-order valence-corrected chi connectivity index (χ1v) is 6.02. The van der Waals surface area contributed by atoms with Crippen LogP contribution in [0.1, 0.15) is 32.0 Å². The predicted molar refractivity (Wildman–Crippen MR) is 73.8 cm³/mol. The SMILES string of the molecule is COC(=O)c1[nH]cnc1NC(=O)c1cc(C)cc(C)c1. The summed E-state index contributed by atoms with van der Waals surface area (Å²) in [7, 11) is 1.26. The van der Waals surface area contributed by atoms with Gasteiger partial charge in [0.25, 0.3) is 5.91 Å². The van der Waals surface area contributed by atoms with Gasteiger partial charge in [0.05, 0.1) is 13.4 Å². The molecule has 0 unspecified atom stereocenters. The molecular formula is C14H15N3O3. The molecule has 0 bridgehead atoms. The molecule has 0 fully saturated rings. The van der Waals surface area contributed by atoms with Crippen LogP contribution in [0.25, 0.3) is 0 Å². The minimum Gasteiger partial charge on any atom is -0.464 e. The summed E-state index contributed by atoms with van der Waals surface area (Å²) in [6.07, 6.45) is 1.32. The van der Waals surface area contributed by atoms with Crippen molar-refractivity contribution in [3.05, 3.63) is 46.9 Å². The quantitative estimate of drug-likeness (QED) is 0.838. The van der Waals surface area contributed by atoms with Crippen molar-refractivity contribution in [1.29, 1.82) is 0 Å². The second kappa shape index (κ2) is 5.56. The third-order valence-corrected chi connectivity index (χ3v) is 2.74. The number of imidazole rings is 1. The minimum absolute atomic E-state index is 0.116. The molecule has 0 aliphatic carbocycles. The van der Waals surface area contributed by atoms with Crippen LogP contribution in [0.2, 0.25) is 0 Å². The number of nitrogens with one attached hydrogen (secondary N) is 2. The number of ether oxygens (including phenoxy) is 1. The number of H-pyrrole nitrogens is 1. The lowest BCUT2D eigenvalue weighted by Crippen LogP contribution is -2.15. The van der Waals surface area contributed by atoms with Crippen LogP contribution >= 0.6 is 0 Å². The monoisotopic (exact) mass is 273 g/mol. The van der Waals surface area contributed by atoms with E-state index < -0.39 is 5.97 Å². The Morgan fingerprint density at radius 3 is 2.45 bits per heavy atom. The van der Waals surface area contributed by atoms with E-state index in [9.17, 15) is 9.59 Å². The number of carbonyl (C=O) groups excluding carboxylic acids is 2. The van der Waals surface area contributed by atoms with Crippen LogP contribution in [0.3, 0.4) is 0 Å². The number of rotatable bonds is 3. The first kappa shape index (κ1) is 13.8. The zero-order valence-electron chi connectivity index (χ0n) is 11.5. The lowest BCUT2D eigenvalue weighted by molar-refractivity contribution is 0.0596. The molecule has 0 atom stereocenters. The first-order valence-electron chi connectivity index (χ1n) is 6.02. The van der Waals surface area contributed by atoms with Crippen LogP contribution < -0.4 is 5.32 Å². The summed E-state index contributed by atoms with van der Waals surface area (Å²) in [5.41, 5.74) is 2.61. The van der Waals surface area contributed by atoms with E-state index in [2.05, 4.69) is 20.0 Å². The first-order chi connectivity index (χ1) is 9.51. The molecule has 0 saturated heterocycles. The number of benzene rings is 1. The molecule has 0 aliphatic rings. The molecule has 2 N–H and O–H groups in total. The van der Waals surface area contributed by atoms with Gasteiger partial charge in [-0.1, -0.05) is 17.2 Å². The van der Waals surface area contributed by atoms with Crippen molar-refractivity contribution < 1.29 is 14.3 Å². The van der Waals surface area contributed by atoms with Crippen LogP contribution in [0.4, 0.5) is 5.82 Å². The Morgan fingerprint density at radius 2 is 1.85 bits per heavy atom. The fraction of sp³-hybridized carbons (Fsp3) is 0.214. The lowest BCUT2D eigenvalue weighted by Gasteiger charge is -2.06. The predicted octanol–water partition coefficient (Wildman–Crippen LogP) is 2.07. The molecule has 2 aromatic rings. The fourth-order valence-corrected chi connectivity index (χ4v) is 1.93. The van der Waals surface area contributed by atoms with Gasteiger partial charge in [-0.25, -0.2) is 9.78 Å². The average Bonchev–Trinajstić information content (AvgIpc) is 2.84. The van der Waals surface area contributed by atoms with Crippen molar-refractivity contribution in [1.82, 2.24) is 9.97 Å². The Morgan fingerprint density at radius 1 is 1.20 bits per heavy atom. The smallest absolute Gasteiger partial charge is 0.358 e. The molecule has 104 valence electrons. The van der Waals surface area contributed by atoms with E-state index in [1.54, 1.807) is 12.1 Å². The number of carbonyl (C=O) groups is 2. The molecule has 1 heterocycles. The Labute approximate surface area is 116 Å². The number of aryl methyl sites for hydroxylation is 2. The molecule has 0 saturated carbocycles.